The van der Waals surface area contributed by atoms with Crippen LogP contribution in [-0.2, 0) is 112 Å². The number of rotatable bonds is 68. The van der Waals surface area contributed by atoms with E-state index in [1.165, 1.54) is 24.3 Å². The zero-order chi connectivity index (χ0) is 92.2. The van der Waals surface area contributed by atoms with Crippen molar-refractivity contribution >= 4 is 124 Å². The third-order valence-electron chi connectivity index (χ3n) is 18.7. The van der Waals surface area contributed by atoms with Gasteiger partial charge in [-0.25, -0.2) is 4.79 Å². The Kier molecular flexibility index (Phi) is 51.3. The third-order valence-corrected chi connectivity index (χ3v) is 20.2. The minimum atomic E-state index is -2.40. The first-order chi connectivity index (χ1) is 58.9. The fourth-order valence-corrected chi connectivity index (χ4v) is 13.7. The number of thioether (sulfide) groups is 1. The third kappa shape index (κ3) is 44.2. The number of fused-ring (bicyclic) bond motifs is 1. The first kappa shape index (κ1) is 107. The van der Waals surface area contributed by atoms with Crippen LogP contribution < -0.4 is 97.4 Å². The number of aromatic hydroxyl groups is 1. The van der Waals surface area contributed by atoms with Gasteiger partial charge >= 0.3 is 35.9 Å². The number of carboxylic acids is 5. The lowest BCUT2D eigenvalue weighted by Crippen LogP contribution is -2.61. The van der Waals surface area contributed by atoms with Gasteiger partial charge in [0.1, 0.15) is 66.2 Å². The van der Waals surface area contributed by atoms with Crippen LogP contribution >= 0.6 is 11.8 Å². The maximum atomic E-state index is 14.2. The van der Waals surface area contributed by atoms with Crippen LogP contribution in [-0.4, -0.2) is 335 Å². The Morgan fingerprint density at radius 1 is 0.419 bits per heavy atom. The number of carbonyl (C=O) groups is 19. The lowest BCUT2D eigenvalue weighted by atomic mass is 10.0. The van der Waals surface area contributed by atoms with Crippen molar-refractivity contribution in [1.82, 2.24) is 74.4 Å². The summed E-state index contributed by atoms with van der Waals surface area (Å²) in [5.74, 6) is -23.3. The molecule has 50 heteroatoms. The molecule has 0 aliphatic carbocycles. The van der Waals surface area contributed by atoms with Gasteiger partial charge in [0, 0.05) is 49.9 Å². The highest BCUT2D eigenvalue weighted by atomic mass is 32.2. The van der Waals surface area contributed by atoms with Crippen LogP contribution in [0.2, 0.25) is 0 Å². The maximum Gasteiger partial charge on any atom is 0.315 e. The predicted molar refractivity (Wildman–Crippen MR) is 431 cm³/mol. The number of nitrogens with two attached hydrogens (primary N) is 4. The number of carboxylic acid groups (broad SMARTS) is 5. The highest BCUT2D eigenvalue weighted by molar-refractivity contribution is 8.00. The van der Waals surface area contributed by atoms with Crippen molar-refractivity contribution in [2.75, 3.05) is 97.9 Å². The van der Waals surface area contributed by atoms with Crippen LogP contribution in [0.1, 0.15) is 128 Å². The number of carbonyl (C=O) groups excluding carboxylic acids is 14. The minimum absolute atomic E-state index is 0.00788. The van der Waals surface area contributed by atoms with Crippen molar-refractivity contribution in [3.8, 4) is 5.75 Å². The molecule has 14 atom stereocenters. The number of hydrogen-bond acceptors (Lipinski definition) is 30. The van der Waals surface area contributed by atoms with Gasteiger partial charge in [-0.15, -0.1) is 0 Å². The van der Waals surface area contributed by atoms with Gasteiger partial charge in [-0.3, -0.25) is 86.3 Å². The molecule has 49 nitrogen and oxygen atoms in total. The van der Waals surface area contributed by atoms with E-state index < -0.39 is 213 Å². The molecule has 3 rings (SSSR count). The van der Waals surface area contributed by atoms with E-state index in [0.717, 1.165) is 25.0 Å². The summed E-state index contributed by atoms with van der Waals surface area (Å²) in [5.41, 5.74) is 22.4. The van der Waals surface area contributed by atoms with Gasteiger partial charge in [0.15, 0.2) is 6.10 Å². The number of urea groups is 1. The molecular weight excluding hydrogens is 1670 g/mol. The Morgan fingerprint density at radius 2 is 0.815 bits per heavy atom. The molecule has 2 fully saturated rings. The van der Waals surface area contributed by atoms with E-state index in [9.17, 15) is 132 Å². The number of aliphatic hydroxyl groups excluding tert-OH is 2. The topological polar surface area (TPSA) is 796 Å². The van der Waals surface area contributed by atoms with Gasteiger partial charge in [0.2, 0.25) is 70.9 Å². The monoisotopic (exact) mass is 1790 g/mol. The Morgan fingerprint density at radius 3 is 1.28 bits per heavy atom. The number of ether oxygens (including phenoxy) is 4. The Labute approximate surface area is 715 Å². The van der Waals surface area contributed by atoms with Gasteiger partial charge < -0.3 is 157 Å². The summed E-state index contributed by atoms with van der Waals surface area (Å²) in [4.78, 5) is 246. The number of hydrogen-bond donors (Lipinski definition) is 26. The summed E-state index contributed by atoms with van der Waals surface area (Å²) in [6.07, 6.45) is -8.17. The molecular formula is C74H118N18O31S. The van der Waals surface area contributed by atoms with Crippen LogP contribution in [0.3, 0.4) is 0 Å². The van der Waals surface area contributed by atoms with Gasteiger partial charge in [0.25, 0.3) is 5.91 Å². The molecule has 124 heavy (non-hydrogen) atoms. The van der Waals surface area contributed by atoms with Crippen molar-refractivity contribution < 1.29 is 151 Å². The molecule has 1 aromatic carbocycles. The van der Waals surface area contributed by atoms with E-state index in [1.54, 1.807) is 0 Å². The molecule has 696 valence electrons. The molecule has 2 heterocycles. The molecule has 0 spiro atoms. The average Bonchev–Trinajstić information content (AvgIpc) is 1.64. The Balaban J connectivity index is 1.54. The average molecular weight is 1790 g/mol. The molecule has 1 aromatic rings. The van der Waals surface area contributed by atoms with E-state index >= 15 is 0 Å². The maximum absolute atomic E-state index is 14.2. The molecule has 15 amide bonds. The van der Waals surface area contributed by atoms with Crippen LogP contribution in [0.5, 0.6) is 5.75 Å². The van der Waals surface area contributed by atoms with Crippen molar-refractivity contribution in [1.29, 1.82) is 0 Å². The molecule has 2 saturated heterocycles. The van der Waals surface area contributed by atoms with Crippen molar-refractivity contribution in [3.05, 3.63) is 29.8 Å². The van der Waals surface area contributed by atoms with Gasteiger partial charge in [-0.05, 0) is 101 Å². The standard InChI is InChI=1S/C74H118N18O31S/c75-19-6-3-10-43(65(110)81-38-52(94)63(108)73(118)83-42(64(78)109)9-5-8-21-79-55(96)18-23-120-25-27-122-29-30-123-28-26-121-24-22-80-54(95)13-2-1-12-53-62-51(39-124-53)91-74(119)92-62)84-69(114)47(33-58(100)101)88-71(116)49(35-60(104)105)90-72(117)50(36-61(106)107)89-70(115)48(34-59(102)103)87-66(111)44(11-4-7-20-76)85-67(112)45(31-40-14-16-41(93)17-15-40)86-68(113)46(32-57(98)99)82-56(97)37-77/h14-17,42-53,62-63,93-94,108H,1-13,18-39,75-77H2,(H2,78,109)(H,79,96)(H,80,95)(H,81,110)(H,82,97)(H,83,118)(H,84,114)(H,85,112)(H,86,113)(H,87,111)(H,88,116)(H,89,115)(H,90,117)(H,98,99)(H,100,101)(H,102,103)(H,104,105)(H,106,107)(H2,91,92,119)/t42-,43-,44-,45-,46-,47-,48-,49-,50-,51-,52+,53-,62-,63+/m0/s1. The number of aliphatic carboxylic acids is 5. The molecule has 0 saturated carbocycles. The van der Waals surface area contributed by atoms with Gasteiger partial charge in [-0.2, -0.15) is 11.8 Å². The van der Waals surface area contributed by atoms with E-state index in [0.29, 0.717) is 51.1 Å². The molecule has 30 N–H and O–H groups in total. The minimum Gasteiger partial charge on any atom is -0.508 e. The quantitative estimate of drug-likeness (QED) is 0.0213. The van der Waals surface area contributed by atoms with Crippen LogP contribution in [0, 0.1) is 0 Å². The van der Waals surface area contributed by atoms with E-state index in [4.69, 9.17) is 41.9 Å². The van der Waals surface area contributed by atoms with Crippen LogP contribution in [0.25, 0.3) is 0 Å². The lowest BCUT2D eigenvalue weighted by molar-refractivity contribution is -0.145. The zero-order valence-corrected chi connectivity index (χ0v) is 69.1. The van der Waals surface area contributed by atoms with E-state index in [2.05, 4.69) is 58.5 Å². The largest absolute Gasteiger partial charge is 0.508 e. The summed E-state index contributed by atoms with van der Waals surface area (Å²) in [7, 11) is 0. The number of aliphatic hydroxyl groups is 2. The van der Waals surface area contributed by atoms with Crippen LogP contribution in [0.15, 0.2) is 24.3 Å². The fraction of sp³-hybridized carbons (Fsp3) is 0.662. The van der Waals surface area contributed by atoms with Crippen LogP contribution in [0.4, 0.5) is 4.79 Å². The van der Waals surface area contributed by atoms with E-state index in [1.807, 2.05) is 27.7 Å². The molecule has 2 aliphatic rings. The number of nitrogens with one attached hydrogen (secondary N) is 14. The Hall–Kier alpha value is -11.3. The highest BCUT2D eigenvalue weighted by Crippen LogP contribution is 2.33. The first-order valence-electron chi connectivity index (χ1n) is 40.1. The second-order valence-electron chi connectivity index (χ2n) is 28.7. The summed E-state index contributed by atoms with van der Waals surface area (Å²) in [6.45, 7) is 1.03. The number of primary amides is 1. The predicted octanol–water partition coefficient (Wildman–Crippen LogP) is -9.20. The number of amides is 15. The number of unbranched alkanes of at least 4 members (excludes halogenated alkanes) is 4. The van der Waals surface area contributed by atoms with Crippen molar-refractivity contribution in [2.45, 2.75) is 212 Å². The summed E-state index contributed by atoms with van der Waals surface area (Å²) < 4.78 is 21.9. The molecule has 0 aromatic heterocycles. The number of benzene rings is 1. The summed E-state index contributed by atoms with van der Waals surface area (Å²) >= 11 is 1.84. The molecule has 0 radical (unpaired) electrons. The molecule has 0 unspecified atom stereocenters. The highest BCUT2D eigenvalue weighted by Gasteiger charge is 2.43. The first-order valence-corrected chi connectivity index (χ1v) is 41.2. The molecule has 0 bridgehead atoms. The zero-order valence-electron chi connectivity index (χ0n) is 68.3. The smallest absolute Gasteiger partial charge is 0.315 e. The number of phenolic OH excluding ortho intramolecular Hbond substituents is 1. The van der Waals surface area contributed by atoms with Gasteiger partial charge in [0.05, 0.1) is 104 Å². The molecule has 2 aliphatic heterocycles. The second-order valence-corrected chi connectivity index (χ2v) is 29.9. The normalized spacial score (nSPS) is 16.5. The second kappa shape index (κ2) is 59.5. The van der Waals surface area contributed by atoms with E-state index in [-0.39, 0.29) is 145 Å². The Bertz CT molecular complexity index is 3710. The SMILES string of the molecule is NCCCC[C@H](NC(=O)[C@H](CC(=O)O)NC(=O)[C@H](CC(=O)O)NC(=O)[C@H](CC(=O)O)NC(=O)[C@H](CC(=O)O)NC(=O)[C@H](CCCCN)NC(=O)[C@H](Cc1ccc(O)cc1)NC(=O)[C@H](CC(=O)O)NC(=O)CN)C(=O)NC[C@@H](O)[C@@H](O)C(=O)N[C@@H](CCCCNC(=O)CCOCCOCCOCCOCCNC(=O)CCCC[C@@H]1SC[C@@H]2NC(=O)N[C@@H]21)C(N)=O. The lowest BCUT2D eigenvalue weighted by Gasteiger charge is -2.27. The summed E-state index contributed by atoms with van der Waals surface area (Å²) in [5, 5.41) is 113. The number of phenols is 1. The van der Waals surface area contributed by atoms with Gasteiger partial charge in [-0.1, -0.05) is 18.6 Å². The van der Waals surface area contributed by atoms with Crippen molar-refractivity contribution in [2.24, 2.45) is 22.9 Å². The summed E-state index contributed by atoms with van der Waals surface area (Å²) in [6, 6.07) is -12.5. The fourth-order valence-electron chi connectivity index (χ4n) is 12.2. The van der Waals surface area contributed by atoms with Crippen molar-refractivity contribution in [3.63, 3.8) is 0 Å².